The van der Waals surface area contributed by atoms with E-state index in [0.29, 0.717) is 11.2 Å². The Hall–Kier alpha value is -1.83. The van der Waals surface area contributed by atoms with E-state index in [1.54, 1.807) is 11.3 Å². The summed E-state index contributed by atoms with van der Waals surface area (Å²) in [5.74, 6) is -0.0757. The fourth-order valence-electron chi connectivity index (χ4n) is 3.19. The Morgan fingerprint density at radius 2 is 2.24 bits per heavy atom. The highest BCUT2D eigenvalue weighted by Gasteiger charge is 2.25. The van der Waals surface area contributed by atoms with Crippen LogP contribution >= 0.6 is 11.3 Å². The van der Waals surface area contributed by atoms with Gasteiger partial charge in [0.2, 0.25) is 5.91 Å². The summed E-state index contributed by atoms with van der Waals surface area (Å²) < 4.78 is 0. The first kappa shape index (κ1) is 18.0. The normalized spacial score (nSPS) is 19.1. The molecule has 0 spiro atoms. The van der Waals surface area contributed by atoms with E-state index >= 15 is 0 Å². The zero-order valence-electron chi connectivity index (χ0n) is 15.0. The lowest BCUT2D eigenvalue weighted by Crippen LogP contribution is -2.51. The number of hydrogen-bond donors (Lipinski definition) is 1. The van der Waals surface area contributed by atoms with E-state index in [2.05, 4.69) is 44.3 Å². The molecule has 3 heterocycles. The topological polar surface area (TPSA) is 61.4 Å². The van der Waals surface area contributed by atoms with Gasteiger partial charge >= 0.3 is 0 Å². The van der Waals surface area contributed by atoms with E-state index < -0.39 is 0 Å². The molecule has 0 radical (unpaired) electrons. The zero-order valence-corrected chi connectivity index (χ0v) is 15.8. The standard InChI is InChI=1S/C18H25N5OS/c1-13-8-15(4-5-19-13)9-16-11-23(7-6-22(16)3)12-17-10-20-18(25-17)21-14(2)24/h4-5,8,10,16H,6-7,9,11-12H2,1-3H3,(H,20,21,24)/t16-/m0/s1. The molecule has 0 unspecified atom stereocenters. The SMILES string of the molecule is CC(=O)Nc1ncc(CN2CCN(C)[C@@H](Cc3ccnc(C)c3)C2)s1. The van der Waals surface area contributed by atoms with Crippen LogP contribution in [0, 0.1) is 6.92 Å². The maximum absolute atomic E-state index is 11.1. The van der Waals surface area contributed by atoms with E-state index in [-0.39, 0.29) is 5.91 Å². The summed E-state index contributed by atoms with van der Waals surface area (Å²) >= 11 is 1.56. The lowest BCUT2D eigenvalue weighted by molar-refractivity contribution is -0.114. The van der Waals surface area contributed by atoms with Crippen LogP contribution in [0.5, 0.6) is 0 Å². The van der Waals surface area contributed by atoms with Crippen LogP contribution in [0.15, 0.2) is 24.5 Å². The average Bonchev–Trinajstić information content (AvgIpc) is 2.97. The van der Waals surface area contributed by atoms with Crippen molar-refractivity contribution in [3.05, 3.63) is 40.7 Å². The van der Waals surface area contributed by atoms with Gasteiger partial charge in [0.15, 0.2) is 5.13 Å². The molecule has 1 atom stereocenters. The summed E-state index contributed by atoms with van der Waals surface area (Å²) in [6.45, 7) is 7.58. The second-order valence-electron chi connectivity index (χ2n) is 6.69. The van der Waals surface area contributed by atoms with Crippen LogP contribution in [0.4, 0.5) is 5.13 Å². The van der Waals surface area contributed by atoms with Crippen molar-refractivity contribution in [2.24, 2.45) is 0 Å². The van der Waals surface area contributed by atoms with Crippen molar-refractivity contribution in [3.8, 4) is 0 Å². The van der Waals surface area contributed by atoms with Crippen LogP contribution in [0.3, 0.4) is 0 Å². The number of aryl methyl sites for hydroxylation is 1. The van der Waals surface area contributed by atoms with Crippen LogP contribution in [-0.2, 0) is 17.8 Å². The first-order valence-corrected chi connectivity index (χ1v) is 9.37. The van der Waals surface area contributed by atoms with Crippen molar-refractivity contribution in [1.82, 2.24) is 19.8 Å². The molecule has 1 N–H and O–H groups in total. The number of likely N-dealkylation sites (N-methyl/N-ethyl adjacent to an activating group) is 1. The first-order chi connectivity index (χ1) is 12.0. The Morgan fingerprint density at radius 3 is 3.00 bits per heavy atom. The number of anilines is 1. The number of amides is 1. The maximum atomic E-state index is 11.1. The number of piperazine rings is 1. The molecule has 134 valence electrons. The molecule has 0 saturated carbocycles. The minimum absolute atomic E-state index is 0.0757. The Labute approximate surface area is 152 Å². The Morgan fingerprint density at radius 1 is 1.40 bits per heavy atom. The maximum Gasteiger partial charge on any atom is 0.223 e. The van der Waals surface area contributed by atoms with Crippen molar-refractivity contribution in [2.75, 3.05) is 32.0 Å². The number of pyridine rings is 1. The lowest BCUT2D eigenvalue weighted by atomic mass is 10.0. The predicted octanol–water partition coefficient (Wildman–Crippen LogP) is 2.16. The molecule has 25 heavy (non-hydrogen) atoms. The van der Waals surface area contributed by atoms with Crippen LogP contribution in [0.1, 0.15) is 23.1 Å². The highest BCUT2D eigenvalue weighted by atomic mass is 32.1. The van der Waals surface area contributed by atoms with Gasteiger partial charge in [-0.25, -0.2) is 4.98 Å². The fourth-order valence-corrected chi connectivity index (χ4v) is 4.09. The van der Waals surface area contributed by atoms with Gasteiger partial charge in [0, 0.05) is 62.1 Å². The van der Waals surface area contributed by atoms with E-state index in [4.69, 9.17) is 0 Å². The molecular weight excluding hydrogens is 334 g/mol. The van der Waals surface area contributed by atoms with Gasteiger partial charge in [0.25, 0.3) is 0 Å². The highest BCUT2D eigenvalue weighted by molar-refractivity contribution is 7.15. The highest BCUT2D eigenvalue weighted by Crippen LogP contribution is 2.22. The van der Waals surface area contributed by atoms with Crippen molar-refractivity contribution in [1.29, 1.82) is 0 Å². The molecule has 7 heteroatoms. The number of aromatic nitrogens is 2. The average molecular weight is 359 g/mol. The third kappa shape index (κ3) is 5.07. The molecule has 1 amide bonds. The van der Waals surface area contributed by atoms with E-state index in [1.165, 1.54) is 17.4 Å². The number of nitrogens with one attached hydrogen (secondary N) is 1. The zero-order chi connectivity index (χ0) is 17.8. The van der Waals surface area contributed by atoms with Gasteiger partial charge in [-0.3, -0.25) is 14.7 Å². The number of carbonyl (C=O) groups excluding carboxylic acids is 1. The molecule has 1 aliphatic heterocycles. The van der Waals surface area contributed by atoms with Gasteiger partial charge in [-0.15, -0.1) is 11.3 Å². The Kier molecular flexibility index (Phi) is 5.78. The first-order valence-electron chi connectivity index (χ1n) is 8.56. The number of hydrogen-bond acceptors (Lipinski definition) is 6. The van der Waals surface area contributed by atoms with Crippen LogP contribution in [0.25, 0.3) is 0 Å². The summed E-state index contributed by atoms with van der Waals surface area (Å²) in [5, 5.41) is 3.43. The van der Waals surface area contributed by atoms with Crippen molar-refractivity contribution in [2.45, 2.75) is 32.9 Å². The molecule has 1 aliphatic rings. The molecule has 1 saturated heterocycles. The van der Waals surface area contributed by atoms with Crippen molar-refractivity contribution >= 4 is 22.4 Å². The monoisotopic (exact) mass is 359 g/mol. The fraction of sp³-hybridized carbons (Fsp3) is 0.500. The van der Waals surface area contributed by atoms with E-state index in [9.17, 15) is 4.79 Å². The van der Waals surface area contributed by atoms with Crippen molar-refractivity contribution in [3.63, 3.8) is 0 Å². The smallest absolute Gasteiger partial charge is 0.223 e. The minimum atomic E-state index is -0.0757. The summed E-state index contributed by atoms with van der Waals surface area (Å²) in [5.41, 5.74) is 2.42. The van der Waals surface area contributed by atoms with Crippen LogP contribution in [-0.4, -0.2) is 58.4 Å². The second-order valence-corrected chi connectivity index (χ2v) is 7.81. The molecule has 0 bridgehead atoms. The number of nitrogens with zero attached hydrogens (tertiary/aromatic N) is 4. The minimum Gasteiger partial charge on any atom is -0.302 e. The van der Waals surface area contributed by atoms with Gasteiger partial charge < -0.3 is 10.2 Å². The quantitative estimate of drug-likeness (QED) is 0.886. The third-order valence-corrected chi connectivity index (χ3v) is 5.41. The Balaban J connectivity index is 1.60. The van der Waals surface area contributed by atoms with Crippen LogP contribution < -0.4 is 5.32 Å². The van der Waals surface area contributed by atoms with Crippen molar-refractivity contribution < 1.29 is 4.79 Å². The summed E-state index contributed by atoms with van der Waals surface area (Å²) in [6.07, 6.45) is 4.80. The van der Waals surface area contributed by atoms with E-state index in [0.717, 1.165) is 38.3 Å². The molecule has 2 aromatic rings. The van der Waals surface area contributed by atoms with Gasteiger partial charge in [-0.05, 0) is 38.1 Å². The van der Waals surface area contributed by atoms with Gasteiger partial charge in [-0.1, -0.05) is 0 Å². The third-order valence-electron chi connectivity index (χ3n) is 4.51. The molecule has 1 fully saturated rings. The second kappa shape index (κ2) is 8.03. The Bertz CT molecular complexity index is 732. The predicted molar refractivity (Wildman–Crippen MR) is 101 cm³/mol. The summed E-state index contributed by atoms with van der Waals surface area (Å²) in [6, 6.07) is 4.79. The molecule has 3 rings (SSSR count). The lowest BCUT2D eigenvalue weighted by Gasteiger charge is -2.39. The summed E-state index contributed by atoms with van der Waals surface area (Å²) in [4.78, 5) is 25.8. The largest absolute Gasteiger partial charge is 0.302 e. The number of thiazole rings is 1. The van der Waals surface area contributed by atoms with Crippen LogP contribution in [0.2, 0.25) is 0 Å². The number of carbonyl (C=O) groups is 1. The van der Waals surface area contributed by atoms with Gasteiger partial charge in [-0.2, -0.15) is 0 Å². The van der Waals surface area contributed by atoms with E-state index in [1.807, 2.05) is 19.3 Å². The molecule has 0 aromatic carbocycles. The number of rotatable bonds is 5. The molecule has 6 nitrogen and oxygen atoms in total. The molecule has 2 aromatic heterocycles. The van der Waals surface area contributed by atoms with Gasteiger partial charge in [0.1, 0.15) is 0 Å². The molecular formula is C18H25N5OS. The summed E-state index contributed by atoms with van der Waals surface area (Å²) in [7, 11) is 2.21. The molecule has 0 aliphatic carbocycles. The van der Waals surface area contributed by atoms with Gasteiger partial charge in [0.05, 0.1) is 0 Å².